The van der Waals surface area contributed by atoms with Crippen molar-refractivity contribution in [2.45, 2.75) is 33.9 Å². The van der Waals surface area contributed by atoms with Gasteiger partial charge in [-0.3, -0.25) is 14.5 Å². The van der Waals surface area contributed by atoms with Crippen LogP contribution in [-0.4, -0.2) is 52.3 Å². The van der Waals surface area contributed by atoms with Gasteiger partial charge >= 0.3 is 0 Å². The SMILES string of the molecule is CCN(CCNC(=O)c1c(C)c(/C=C2\C(=O)Nc3ccc(F)cc32)n(C)c1C)C(C)O. The summed E-state index contributed by atoms with van der Waals surface area (Å²) in [6.07, 6.45) is 1.12. The van der Waals surface area contributed by atoms with Gasteiger partial charge < -0.3 is 20.3 Å². The normalized spacial score (nSPS) is 15.4. The average molecular weight is 429 g/mol. The zero-order valence-corrected chi connectivity index (χ0v) is 18.5. The Morgan fingerprint density at radius 2 is 2.10 bits per heavy atom. The van der Waals surface area contributed by atoms with Gasteiger partial charge in [0.1, 0.15) is 12.0 Å². The van der Waals surface area contributed by atoms with E-state index in [4.69, 9.17) is 0 Å². The molecule has 0 radical (unpaired) electrons. The van der Waals surface area contributed by atoms with E-state index in [9.17, 15) is 19.1 Å². The topological polar surface area (TPSA) is 86.6 Å². The Bertz CT molecular complexity index is 1060. The molecule has 7 nitrogen and oxygen atoms in total. The second-order valence-electron chi connectivity index (χ2n) is 7.75. The number of aliphatic hydroxyl groups excluding tert-OH is 1. The van der Waals surface area contributed by atoms with Crippen molar-refractivity contribution in [1.29, 1.82) is 0 Å². The molecule has 2 aromatic rings. The van der Waals surface area contributed by atoms with Gasteiger partial charge in [0.15, 0.2) is 0 Å². The number of benzene rings is 1. The largest absolute Gasteiger partial charge is 0.379 e. The van der Waals surface area contributed by atoms with Crippen molar-refractivity contribution in [2.24, 2.45) is 7.05 Å². The summed E-state index contributed by atoms with van der Waals surface area (Å²) in [5.41, 5.74) is 4.20. The molecular formula is C23H29FN4O3. The average Bonchev–Trinajstić information content (AvgIpc) is 3.13. The first-order valence-corrected chi connectivity index (χ1v) is 10.3. The molecule has 1 aromatic heterocycles. The Morgan fingerprint density at radius 3 is 2.74 bits per heavy atom. The van der Waals surface area contributed by atoms with E-state index in [0.29, 0.717) is 47.7 Å². The van der Waals surface area contributed by atoms with Crippen LogP contribution in [0.1, 0.15) is 46.7 Å². The molecule has 3 N–H and O–H groups in total. The highest BCUT2D eigenvalue weighted by Gasteiger charge is 2.27. The Labute approximate surface area is 181 Å². The molecule has 1 atom stereocenters. The molecule has 8 heteroatoms. The van der Waals surface area contributed by atoms with Gasteiger partial charge in [0.25, 0.3) is 11.8 Å². The van der Waals surface area contributed by atoms with Gasteiger partial charge in [-0.15, -0.1) is 0 Å². The molecule has 1 unspecified atom stereocenters. The number of anilines is 1. The number of halogens is 1. The molecule has 0 saturated carbocycles. The molecule has 31 heavy (non-hydrogen) atoms. The highest BCUT2D eigenvalue weighted by Crippen LogP contribution is 2.35. The van der Waals surface area contributed by atoms with Crippen LogP contribution in [0.4, 0.5) is 10.1 Å². The van der Waals surface area contributed by atoms with Crippen LogP contribution >= 0.6 is 0 Å². The maximum absolute atomic E-state index is 13.7. The summed E-state index contributed by atoms with van der Waals surface area (Å²) in [6.45, 7) is 8.94. The molecule has 1 aliphatic rings. The number of nitrogens with zero attached hydrogens (tertiary/aromatic N) is 2. The van der Waals surface area contributed by atoms with E-state index >= 15 is 0 Å². The van der Waals surface area contributed by atoms with E-state index in [2.05, 4.69) is 10.6 Å². The Kier molecular flexibility index (Phi) is 6.62. The van der Waals surface area contributed by atoms with E-state index in [-0.39, 0.29) is 11.8 Å². The van der Waals surface area contributed by atoms with Gasteiger partial charge in [0.05, 0.1) is 11.1 Å². The highest BCUT2D eigenvalue weighted by atomic mass is 19.1. The molecule has 3 rings (SSSR count). The van der Waals surface area contributed by atoms with Crippen LogP contribution in [0.2, 0.25) is 0 Å². The molecule has 0 aliphatic carbocycles. The fourth-order valence-corrected chi connectivity index (χ4v) is 3.99. The van der Waals surface area contributed by atoms with Gasteiger partial charge in [-0.05, 0) is 57.2 Å². The zero-order chi connectivity index (χ0) is 22.9. The van der Waals surface area contributed by atoms with E-state index in [1.807, 2.05) is 37.3 Å². The van der Waals surface area contributed by atoms with E-state index in [1.165, 1.54) is 18.2 Å². The first-order valence-electron chi connectivity index (χ1n) is 10.3. The van der Waals surface area contributed by atoms with Crippen LogP contribution in [-0.2, 0) is 11.8 Å². The maximum Gasteiger partial charge on any atom is 0.256 e. The summed E-state index contributed by atoms with van der Waals surface area (Å²) in [4.78, 5) is 27.2. The van der Waals surface area contributed by atoms with E-state index in [1.54, 1.807) is 13.0 Å². The lowest BCUT2D eigenvalue weighted by Crippen LogP contribution is -2.39. The summed E-state index contributed by atoms with van der Waals surface area (Å²) in [7, 11) is 1.83. The maximum atomic E-state index is 13.7. The molecule has 0 saturated heterocycles. The minimum absolute atomic E-state index is 0.209. The van der Waals surface area contributed by atoms with Crippen LogP contribution < -0.4 is 10.6 Å². The number of carbonyl (C=O) groups is 2. The lowest BCUT2D eigenvalue weighted by molar-refractivity contribution is -0.110. The zero-order valence-electron chi connectivity index (χ0n) is 18.5. The number of nitrogens with one attached hydrogen (secondary N) is 2. The smallest absolute Gasteiger partial charge is 0.256 e. The first kappa shape index (κ1) is 22.7. The molecule has 1 aliphatic heterocycles. The van der Waals surface area contributed by atoms with Crippen LogP contribution in [0, 0.1) is 19.7 Å². The number of carbonyl (C=O) groups excluding carboxylic acids is 2. The molecule has 1 aromatic carbocycles. The molecule has 0 spiro atoms. The van der Waals surface area contributed by atoms with E-state index in [0.717, 1.165) is 11.3 Å². The Hall–Kier alpha value is -2.97. The third kappa shape index (κ3) is 4.40. The van der Waals surface area contributed by atoms with Gasteiger partial charge in [0.2, 0.25) is 0 Å². The minimum atomic E-state index is -0.578. The molecule has 2 amide bonds. The molecular weight excluding hydrogens is 399 g/mol. The van der Waals surface area contributed by atoms with Crippen molar-refractivity contribution >= 4 is 29.2 Å². The van der Waals surface area contributed by atoms with Crippen LogP contribution in [0.3, 0.4) is 0 Å². The van der Waals surface area contributed by atoms with Gasteiger partial charge in [-0.25, -0.2) is 4.39 Å². The van der Waals surface area contributed by atoms with Crippen molar-refractivity contribution < 1.29 is 19.1 Å². The molecule has 2 heterocycles. The summed E-state index contributed by atoms with van der Waals surface area (Å²) in [5.74, 6) is -0.929. The fourth-order valence-electron chi connectivity index (χ4n) is 3.99. The number of likely N-dealkylation sites (N-methyl/N-ethyl adjacent to an activating group) is 1. The number of hydrogen-bond donors (Lipinski definition) is 3. The molecule has 0 bridgehead atoms. The summed E-state index contributed by atoms with van der Waals surface area (Å²) >= 11 is 0. The van der Waals surface area contributed by atoms with Crippen molar-refractivity contribution in [1.82, 2.24) is 14.8 Å². The molecule has 0 fully saturated rings. The number of hydrogen-bond acceptors (Lipinski definition) is 4. The van der Waals surface area contributed by atoms with Crippen molar-refractivity contribution in [3.8, 4) is 0 Å². The third-order valence-corrected chi connectivity index (χ3v) is 5.88. The predicted molar refractivity (Wildman–Crippen MR) is 119 cm³/mol. The Balaban J connectivity index is 1.88. The van der Waals surface area contributed by atoms with Gasteiger partial charge in [-0.2, -0.15) is 0 Å². The summed E-state index contributed by atoms with van der Waals surface area (Å²) < 4.78 is 15.6. The standard InChI is InChI=1S/C23H29FN4O3/c1-6-28(15(4)29)10-9-25-23(31)21-13(2)20(27(5)14(21)3)12-18-17-11-16(24)7-8-19(17)26-22(18)30/h7-8,11-12,15,29H,6,9-10H2,1-5H3,(H,25,31)(H,26,30)/b18-12-. The first-order chi connectivity index (χ1) is 14.6. The monoisotopic (exact) mass is 428 g/mol. The predicted octanol–water partition coefficient (Wildman–Crippen LogP) is 2.66. The minimum Gasteiger partial charge on any atom is -0.379 e. The second-order valence-corrected chi connectivity index (χ2v) is 7.75. The highest BCUT2D eigenvalue weighted by molar-refractivity contribution is 6.35. The quantitative estimate of drug-likeness (QED) is 0.468. The number of amides is 2. The molecule has 166 valence electrons. The van der Waals surface area contributed by atoms with Crippen molar-refractivity contribution in [3.63, 3.8) is 0 Å². The van der Waals surface area contributed by atoms with Gasteiger partial charge in [-0.1, -0.05) is 6.92 Å². The van der Waals surface area contributed by atoms with Crippen LogP contribution in [0.5, 0.6) is 0 Å². The third-order valence-electron chi connectivity index (χ3n) is 5.88. The van der Waals surface area contributed by atoms with Crippen LogP contribution in [0.25, 0.3) is 11.6 Å². The number of fused-ring (bicyclic) bond motifs is 1. The van der Waals surface area contributed by atoms with Crippen molar-refractivity contribution in [2.75, 3.05) is 25.0 Å². The number of aromatic nitrogens is 1. The Morgan fingerprint density at radius 1 is 1.39 bits per heavy atom. The lowest BCUT2D eigenvalue weighted by atomic mass is 10.0. The second kappa shape index (κ2) is 9.03. The summed E-state index contributed by atoms with van der Waals surface area (Å²) in [6, 6.07) is 4.18. The van der Waals surface area contributed by atoms with Gasteiger partial charge in [0, 0.05) is 42.8 Å². The number of rotatable bonds is 7. The van der Waals surface area contributed by atoms with Crippen LogP contribution in [0.15, 0.2) is 18.2 Å². The summed E-state index contributed by atoms with van der Waals surface area (Å²) in [5, 5.41) is 15.4. The lowest BCUT2D eigenvalue weighted by Gasteiger charge is -2.23. The number of aliphatic hydroxyl groups is 1. The van der Waals surface area contributed by atoms with E-state index < -0.39 is 12.0 Å². The van der Waals surface area contributed by atoms with Crippen molar-refractivity contribution in [3.05, 3.63) is 52.1 Å². The fraction of sp³-hybridized carbons (Fsp3) is 0.391.